The highest BCUT2D eigenvalue weighted by Crippen LogP contribution is 2.28. The van der Waals surface area contributed by atoms with Crippen LogP contribution in [0.4, 0.5) is 5.69 Å². The fourth-order valence-corrected chi connectivity index (χ4v) is 1.95. The van der Waals surface area contributed by atoms with E-state index in [1.807, 2.05) is 20.8 Å². The smallest absolute Gasteiger partial charge is 0.0487 e. The molecule has 0 aliphatic rings. The topological polar surface area (TPSA) is 3.24 Å². The second-order valence-corrected chi connectivity index (χ2v) is 4.27. The van der Waals surface area contributed by atoms with E-state index in [1.54, 1.807) is 0 Å². The lowest BCUT2D eigenvalue weighted by molar-refractivity contribution is 1.07. The zero-order valence-corrected chi connectivity index (χ0v) is 14.1. The van der Waals surface area contributed by atoms with Crippen LogP contribution in [0.1, 0.15) is 47.1 Å². The maximum absolute atomic E-state index is 2.29. The minimum absolute atomic E-state index is 1.20. The number of benzene rings is 1. The Morgan fingerprint density at radius 3 is 2.05 bits per heavy atom. The van der Waals surface area contributed by atoms with E-state index in [0.29, 0.717) is 0 Å². The summed E-state index contributed by atoms with van der Waals surface area (Å²) in [7, 11) is 0. The molecular formula is C19H29N. The van der Waals surface area contributed by atoms with Crippen LogP contribution >= 0.6 is 0 Å². The predicted octanol–water partition coefficient (Wildman–Crippen LogP) is 6.23. The Bertz CT molecular complexity index is 478. The Morgan fingerprint density at radius 1 is 1.00 bits per heavy atom. The van der Waals surface area contributed by atoms with Crippen molar-refractivity contribution >= 4 is 5.69 Å². The molecule has 0 heterocycles. The summed E-state index contributed by atoms with van der Waals surface area (Å²) >= 11 is 0. The van der Waals surface area contributed by atoms with Crippen molar-refractivity contribution in [3.8, 4) is 0 Å². The number of anilines is 1. The first-order chi connectivity index (χ1) is 9.65. The summed E-state index contributed by atoms with van der Waals surface area (Å²) < 4.78 is 0. The molecule has 0 aliphatic heterocycles. The highest BCUT2D eigenvalue weighted by atomic mass is 15.1. The van der Waals surface area contributed by atoms with Crippen LogP contribution in [-0.4, -0.2) is 0 Å². The number of hydrogen-bond donors (Lipinski definition) is 0. The van der Waals surface area contributed by atoms with Crippen molar-refractivity contribution in [2.75, 3.05) is 4.90 Å². The number of nitrogens with zero attached hydrogens (tertiary/aromatic N) is 1. The van der Waals surface area contributed by atoms with Gasteiger partial charge in [0.25, 0.3) is 0 Å². The van der Waals surface area contributed by atoms with Crippen molar-refractivity contribution in [2.24, 2.45) is 0 Å². The zero-order chi connectivity index (χ0) is 15.5. The van der Waals surface area contributed by atoms with E-state index in [2.05, 4.69) is 81.2 Å². The summed E-state index contributed by atoms with van der Waals surface area (Å²) in [5, 5.41) is 0. The van der Waals surface area contributed by atoms with E-state index in [0.717, 1.165) is 0 Å². The average Bonchev–Trinajstić information content (AvgIpc) is 2.50. The van der Waals surface area contributed by atoms with Crippen molar-refractivity contribution in [1.29, 1.82) is 0 Å². The summed E-state index contributed by atoms with van der Waals surface area (Å²) in [4.78, 5) is 2.29. The van der Waals surface area contributed by atoms with Gasteiger partial charge in [0, 0.05) is 17.1 Å². The molecule has 1 nitrogen and oxygen atoms in total. The molecule has 0 aliphatic carbocycles. The van der Waals surface area contributed by atoms with Gasteiger partial charge in [0.15, 0.2) is 0 Å². The Labute approximate surface area is 125 Å². The highest BCUT2D eigenvalue weighted by Gasteiger charge is 2.12. The van der Waals surface area contributed by atoms with Crippen molar-refractivity contribution in [2.45, 2.75) is 48.5 Å². The molecule has 0 amide bonds. The second-order valence-electron chi connectivity index (χ2n) is 4.27. The van der Waals surface area contributed by atoms with E-state index in [-0.39, 0.29) is 0 Å². The van der Waals surface area contributed by atoms with E-state index in [4.69, 9.17) is 0 Å². The lowest BCUT2D eigenvalue weighted by atomic mass is 10.1. The van der Waals surface area contributed by atoms with Crippen LogP contribution in [0.3, 0.4) is 0 Å². The maximum Gasteiger partial charge on any atom is 0.0487 e. The molecule has 0 N–H and O–H groups in total. The fourth-order valence-electron chi connectivity index (χ4n) is 1.95. The first-order valence-corrected chi connectivity index (χ1v) is 7.43. The van der Waals surface area contributed by atoms with Crippen molar-refractivity contribution < 1.29 is 0 Å². The molecule has 0 saturated carbocycles. The van der Waals surface area contributed by atoms with Gasteiger partial charge >= 0.3 is 0 Å². The van der Waals surface area contributed by atoms with E-state index >= 15 is 0 Å². The summed E-state index contributed by atoms with van der Waals surface area (Å²) in [5.74, 6) is 0. The van der Waals surface area contributed by atoms with E-state index in [9.17, 15) is 0 Å². The third-order valence-electron chi connectivity index (χ3n) is 3.02. The summed E-state index contributed by atoms with van der Waals surface area (Å²) in [6.45, 7) is 14.5. The van der Waals surface area contributed by atoms with Gasteiger partial charge in [-0.25, -0.2) is 0 Å². The van der Waals surface area contributed by atoms with Crippen LogP contribution in [0.25, 0.3) is 0 Å². The lowest BCUT2D eigenvalue weighted by Gasteiger charge is -2.28. The SMILES string of the molecule is C/C=C\C(=C/C)N(/C(C)=C/C)c1ccccc1C.CC. The normalized spacial score (nSPS) is 12.2. The third-order valence-corrected chi connectivity index (χ3v) is 3.02. The summed E-state index contributed by atoms with van der Waals surface area (Å²) in [5.41, 5.74) is 4.94. The van der Waals surface area contributed by atoms with Gasteiger partial charge < -0.3 is 4.90 Å². The van der Waals surface area contributed by atoms with Gasteiger partial charge in [-0.15, -0.1) is 0 Å². The summed E-state index contributed by atoms with van der Waals surface area (Å²) in [6.07, 6.45) is 8.49. The molecule has 20 heavy (non-hydrogen) atoms. The highest BCUT2D eigenvalue weighted by molar-refractivity contribution is 5.63. The molecule has 0 aromatic heterocycles. The van der Waals surface area contributed by atoms with Crippen LogP contribution in [0.2, 0.25) is 0 Å². The standard InChI is InChI=1S/C17H23N.C2H6/c1-6-11-16(8-3)18(15(5)7-2)17-13-10-9-12-14(17)4;1-2/h6-13H,1-5H3;1-2H3/b11-6-,15-7+,16-8+;. The molecule has 1 aromatic rings. The number of rotatable bonds is 4. The van der Waals surface area contributed by atoms with Crippen LogP contribution in [0.15, 0.2) is 60.0 Å². The average molecular weight is 271 g/mol. The quantitative estimate of drug-likeness (QED) is 0.587. The van der Waals surface area contributed by atoms with Gasteiger partial charge in [-0.05, 0) is 52.3 Å². The van der Waals surface area contributed by atoms with Crippen LogP contribution in [-0.2, 0) is 0 Å². The fraction of sp³-hybridized carbons (Fsp3) is 0.368. The van der Waals surface area contributed by atoms with E-state index < -0.39 is 0 Å². The van der Waals surface area contributed by atoms with Gasteiger partial charge in [0.2, 0.25) is 0 Å². The van der Waals surface area contributed by atoms with Gasteiger partial charge in [-0.1, -0.05) is 50.3 Å². The predicted molar refractivity (Wildman–Crippen MR) is 93.0 cm³/mol. The Morgan fingerprint density at radius 2 is 1.60 bits per heavy atom. The van der Waals surface area contributed by atoms with Gasteiger partial charge in [-0.3, -0.25) is 0 Å². The molecule has 1 heteroatoms. The minimum atomic E-state index is 1.20. The molecule has 0 fully saturated rings. The van der Waals surface area contributed by atoms with Crippen molar-refractivity contribution in [1.82, 2.24) is 0 Å². The molecule has 110 valence electrons. The molecule has 0 radical (unpaired) electrons. The third kappa shape index (κ3) is 4.73. The molecule has 0 unspecified atom stereocenters. The molecule has 1 rings (SSSR count). The van der Waals surface area contributed by atoms with Crippen molar-refractivity contribution in [3.05, 3.63) is 65.5 Å². The lowest BCUT2D eigenvalue weighted by Crippen LogP contribution is -2.20. The zero-order valence-electron chi connectivity index (χ0n) is 14.1. The Kier molecular flexibility index (Phi) is 9.19. The van der Waals surface area contributed by atoms with Gasteiger partial charge in [0.1, 0.15) is 0 Å². The van der Waals surface area contributed by atoms with Crippen LogP contribution in [0, 0.1) is 6.92 Å². The van der Waals surface area contributed by atoms with Crippen LogP contribution < -0.4 is 4.90 Å². The van der Waals surface area contributed by atoms with Crippen molar-refractivity contribution in [3.63, 3.8) is 0 Å². The number of aryl methyl sites for hydroxylation is 1. The molecule has 0 saturated heterocycles. The first kappa shape index (κ1) is 18.2. The molecule has 1 aromatic carbocycles. The Hall–Kier alpha value is -1.76. The number of allylic oxidation sites excluding steroid dienone is 5. The Balaban J connectivity index is 0.00000172. The largest absolute Gasteiger partial charge is 0.315 e. The summed E-state index contributed by atoms with van der Waals surface area (Å²) in [6, 6.07) is 8.47. The monoisotopic (exact) mass is 271 g/mol. The minimum Gasteiger partial charge on any atom is -0.315 e. The second kappa shape index (κ2) is 10.1. The maximum atomic E-state index is 2.29. The van der Waals surface area contributed by atoms with Gasteiger partial charge in [-0.2, -0.15) is 0 Å². The molecule has 0 bridgehead atoms. The van der Waals surface area contributed by atoms with Gasteiger partial charge in [0.05, 0.1) is 0 Å². The van der Waals surface area contributed by atoms with Crippen LogP contribution in [0.5, 0.6) is 0 Å². The van der Waals surface area contributed by atoms with E-state index in [1.165, 1.54) is 22.6 Å². The first-order valence-electron chi connectivity index (χ1n) is 7.43. The molecule has 0 atom stereocenters. The molecular weight excluding hydrogens is 242 g/mol. The number of hydrogen-bond acceptors (Lipinski definition) is 1. The molecule has 0 spiro atoms. The number of para-hydroxylation sites is 1.